The lowest BCUT2D eigenvalue weighted by Crippen LogP contribution is -2.33. The van der Waals surface area contributed by atoms with Gasteiger partial charge in [-0.2, -0.15) is 0 Å². The molecule has 1 heterocycles. The van der Waals surface area contributed by atoms with Crippen LogP contribution in [0.2, 0.25) is 0 Å². The minimum atomic E-state index is 0.226. The fourth-order valence-electron chi connectivity index (χ4n) is 1.79. The number of tetrazole rings is 1. The summed E-state index contributed by atoms with van der Waals surface area (Å²) in [6.07, 6.45) is 3.02. The molecule has 6 nitrogen and oxygen atoms in total. The maximum Gasteiger partial charge on any atom is 0.165 e. The fourth-order valence-corrected chi connectivity index (χ4v) is 1.79. The highest BCUT2D eigenvalue weighted by molar-refractivity contribution is 4.82. The average molecular weight is 255 g/mol. The third-order valence-electron chi connectivity index (χ3n) is 3.01. The Morgan fingerprint density at radius 1 is 1.33 bits per heavy atom. The first-order valence-corrected chi connectivity index (χ1v) is 6.79. The van der Waals surface area contributed by atoms with Crippen molar-refractivity contribution in [2.75, 3.05) is 13.2 Å². The van der Waals surface area contributed by atoms with E-state index < -0.39 is 0 Å². The highest BCUT2D eigenvalue weighted by Crippen LogP contribution is 2.07. The van der Waals surface area contributed by atoms with Gasteiger partial charge in [0.15, 0.2) is 5.82 Å². The molecule has 0 aliphatic carbocycles. The van der Waals surface area contributed by atoms with E-state index in [2.05, 4.69) is 41.2 Å². The number of aryl methyl sites for hydroxylation is 1. The highest BCUT2D eigenvalue weighted by atomic mass is 16.3. The monoisotopic (exact) mass is 255 g/mol. The number of aliphatic hydroxyl groups excluding tert-OH is 1. The average Bonchev–Trinajstić information content (AvgIpc) is 2.78. The van der Waals surface area contributed by atoms with Crippen molar-refractivity contribution < 1.29 is 5.11 Å². The number of aliphatic hydroxyl groups is 1. The maximum absolute atomic E-state index is 8.92. The number of aromatic nitrogens is 4. The zero-order chi connectivity index (χ0) is 13.4. The van der Waals surface area contributed by atoms with Gasteiger partial charge in [-0.05, 0) is 37.1 Å². The van der Waals surface area contributed by atoms with Crippen LogP contribution >= 0.6 is 0 Å². The van der Waals surface area contributed by atoms with Crippen LogP contribution < -0.4 is 0 Å². The zero-order valence-electron chi connectivity index (χ0n) is 11.7. The first-order valence-electron chi connectivity index (χ1n) is 6.79. The van der Waals surface area contributed by atoms with Crippen molar-refractivity contribution in [3.8, 4) is 0 Å². The number of rotatable bonds is 9. The molecule has 1 aromatic rings. The van der Waals surface area contributed by atoms with Crippen LogP contribution in [0, 0.1) is 0 Å². The summed E-state index contributed by atoms with van der Waals surface area (Å²) in [7, 11) is 0. The van der Waals surface area contributed by atoms with Crippen molar-refractivity contribution in [1.82, 2.24) is 25.1 Å². The topological polar surface area (TPSA) is 67.1 Å². The summed E-state index contributed by atoms with van der Waals surface area (Å²) in [5.74, 6) is 0.912. The lowest BCUT2D eigenvalue weighted by molar-refractivity contribution is 0.178. The SMILES string of the molecule is CCCCn1nnnc1CN(CCCO)C(C)C. The van der Waals surface area contributed by atoms with Crippen LogP contribution in [-0.2, 0) is 13.1 Å². The van der Waals surface area contributed by atoms with E-state index >= 15 is 0 Å². The second-order valence-corrected chi connectivity index (χ2v) is 4.81. The third kappa shape index (κ3) is 4.70. The molecule has 1 N–H and O–H groups in total. The Kier molecular flexibility index (Phi) is 6.82. The Morgan fingerprint density at radius 3 is 2.72 bits per heavy atom. The molecule has 0 bridgehead atoms. The van der Waals surface area contributed by atoms with Gasteiger partial charge in [-0.25, -0.2) is 4.68 Å². The van der Waals surface area contributed by atoms with Gasteiger partial charge in [0.25, 0.3) is 0 Å². The Hall–Kier alpha value is -1.01. The number of hydrogen-bond acceptors (Lipinski definition) is 5. The highest BCUT2D eigenvalue weighted by Gasteiger charge is 2.14. The molecule has 0 fully saturated rings. The van der Waals surface area contributed by atoms with Crippen molar-refractivity contribution in [1.29, 1.82) is 0 Å². The summed E-state index contributed by atoms with van der Waals surface area (Å²) in [4.78, 5) is 2.28. The molecular formula is C12H25N5O. The molecule has 1 aromatic heterocycles. The Bertz CT molecular complexity index is 326. The molecule has 0 unspecified atom stereocenters. The molecule has 0 saturated heterocycles. The van der Waals surface area contributed by atoms with Crippen LogP contribution in [0.3, 0.4) is 0 Å². The van der Waals surface area contributed by atoms with Gasteiger partial charge < -0.3 is 5.11 Å². The first kappa shape index (κ1) is 15.0. The summed E-state index contributed by atoms with van der Waals surface area (Å²) in [6.45, 7) is 9.18. The third-order valence-corrected chi connectivity index (χ3v) is 3.01. The van der Waals surface area contributed by atoms with E-state index in [1.807, 2.05) is 4.68 Å². The second kappa shape index (κ2) is 8.16. The standard InChI is InChI=1S/C12H25N5O/c1-4-5-8-17-12(13-14-15-17)10-16(11(2)3)7-6-9-18/h11,18H,4-10H2,1-3H3. The summed E-state index contributed by atoms with van der Waals surface area (Å²) in [5.41, 5.74) is 0. The van der Waals surface area contributed by atoms with E-state index in [-0.39, 0.29) is 6.61 Å². The number of hydrogen-bond donors (Lipinski definition) is 1. The molecule has 18 heavy (non-hydrogen) atoms. The summed E-state index contributed by atoms with van der Waals surface area (Å²) in [5, 5.41) is 20.8. The second-order valence-electron chi connectivity index (χ2n) is 4.81. The van der Waals surface area contributed by atoms with Gasteiger partial charge in [-0.3, -0.25) is 4.90 Å². The van der Waals surface area contributed by atoms with Crippen LogP contribution in [-0.4, -0.2) is 49.4 Å². The van der Waals surface area contributed by atoms with Gasteiger partial charge >= 0.3 is 0 Å². The predicted octanol–water partition coefficient (Wildman–Crippen LogP) is 1.07. The van der Waals surface area contributed by atoms with Crippen molar-refractivity contribution >= 4 is 0 Å². The molecule has 0 saturated carbocycles. The minimum Gasteiger partial charge on any atom is -0.396 e. The van der Waals surface area contributed by atoms with E-state index in [4.69, 9.17) is 5.11 Å². The number of unbranched alkanes of at least 4 members (excludes halogenated alkanes) is 1. The summed E-state index contributed by atoms with van der Waals surface area (Å²) < 4.78 is 1.89. The molecule has 0 atom stereocenters. The smallest absolute Gasteiger partial charge is 0.165 e. The minimum absolute atomic E-state index is 0.226. The van der Waals surface area contributed by atoms with Crippen LogP contribution in [0.25, 0.3) is 0 Å². The molecule has 0 aliphatic heterocycles. The molecule has 1 rings (SSSR count). The Morgan fingerprint density at radius 2 is 2.11 bits per heavy atom. The molecule has 0 aromatic carbocycles. The molecule has 0 radical (unpaired) electrons. The van der Waals surface area contributed by atoms with E-state index in [1.54, 1.807) is 0 Å². The molecule has 0 amide bonds. The lowest BCUT2D eigenvalue weighted by atomic mass is 10.2. The largest absolute Gasteiger partial charge is 0.396 e. The van der Waals surface area contributed by atoms with Crippen molar-refractivity contribution in [2.45, 2.75) is 59.2 Å². The molecule has 104 valence electrons. The summed E-state index contributed by atoms with van der Waals surface area (Å²) in [6, 6.07) is 0.424. The summed E-state index contributed by atoms with van der Waals surface area (Å²) >= 11 is 0. The predicted molar refractivity (Wildman–Crippen MR) is 70.0 cm³/mol. The van der Waals surface area contributed by atoms with Crippen molar-refractivity contribution in [3.63, 3.8) is 0 Å². The van der Waals surface area contributed by atoms with Crippen LogP contribution in [0.15, 0.2) is 0 Å². The van der Waals surface area contributed by atoms with Gasteiger partial charge in [-0.15, -0.1) is 5.10 Å². The molecule has 6 heteroatoms. The molecule has 0 spiro atoms. The maximum atomic E-state index is 8.92. The van der Waals surface area contributed by atoms with Gasteiger partial charge in [0.2, 0.25) is 0 Å². The van der Waals surface area contributed by atoms with Gasteiger partial charge in [0.1, 0.15) is 0 Å². The van der Waals surface area contributed by atoms with Crippen LogP contribution in [0.5, 0.6) is 0 Å². The van der Waals surface area contributed by atoms with E-state index in [1.165, 1.54) is 0 Å². The lowest BCUT2D eigenvalue weighted by Gasteiger charge is -2.25. The molecule has 0 aliphatic rings. The molecular weight excluding hydrogens is 230 g/mol. The fraction of sp³-hybridized carbons (Fsp3) is 0.917. The normalized spacial score (nSPS) is 11.7. The van der Waals surface area contributed by atoms with E-state index in [0.29, 0.717) is 6.04 Å². The van der Waals surface area contributed by atoms with Crippen LogP contribution in [0.4, 0.5) is 0 Å². The van der Waals surface area contributed by atoms with Crippen molar-refractivity contribution in [2.24, 2.45) is 0 Å². The van der Waals surface area contributed by atoms with Gasteiger partial charge in [0, 0.05) is 25.7 Å². The number of nitrogens with zero attached hydrogens (tertiary/aromatic N) is 5. The van der Waals surface area contributed by atoms with Gasteiger partial charge in [0.05, 0.1) is 6.54 Å². The Labute approximate surface area is 109 Å². The van der Waals surface area contributed by atoms with Crippen molar-refractivity contribution in [3.05, 3.63) is 5.82 Å². The van der Waals surface area contributed by atoms with E-state index in [9.17, 15) is 0 Å². The first-order chi connectivity index (χ1) is 8.69. The quantitative estimate of drug-likeness (QED) is 0.715. The van der Waals surface area contributed by atoms with Gasteiger partial charge in [-0.1, -0.05) is 13.3 Å². The Balaban J connectivity index is 2.59. The van der Waals surface area contributed by atoms with E-state index in [0.717, 1.165) is 44.7 Å². The van der Waals surface area contributed by atoms with Crippen LogP contribution in [0.1, 0.15) is 45.9 Å². The zero-order valence-corrected chi connectivity index (χ0v) is 11.7.